The third kappa shape index (κ3) is 2.56. The Bertz CT molecular complexity index is 728. The van der Waals surface area contributed by atoms with Gasteiger partial charge in [-0.05, 0) is 38.5 Å². The van der Waals surface area contributed by atoms with Crippen molar-refractivity contribution in [2.75, 3.05) is 6.54 Å². The van der Waals surface area contributed by atoms with E-state index in [0.29, 0.717) is 5.56 Å². The van der Waals surface area contributed by atoms with Crippen molar-refractivity contribution in [1.82, 2.24) is 9.62 Å². The number of rotatable bonds is 2. The Labute approximate surface area is 122 Å². The highest BCUT2D eigenvalue weighted by Crippen LogP contribution is 2.27. The first kappa shape index (κ1) is 15.6. The van der Waals surface area contributed by atoms with E-state index in [1.807, 2.05) is 0 Å². The fourth-order valence-corrected chi connectivity index (χ4v) is 3.73. The number of hydrogen-bond donors (Lipinski definition) is 1. The molecule has 0 aliphatic carbocycles. The molecule has 1 aliphatic heterocycles. The summed E-state index contributed by atoms with van der Waals surface area (Å²) in [5, 5.41) is 2.09. The second-order valence-electron chi connectivity index (χ2n) is 5.36. The van der Waals surface area contributed by atoms with Crippen LogP contribution in [-0.4, -0.2) is 36.6 Å². The zero-order valence-corrected chi connectivity index (χ0v) is 12.6. The molecule has 1 aromatic rings. The van der Waals surface area contributed by atoms with Crippen molar-refractivity contribution in [1.29, 1.82) is 0 Å². The van der Waals surface area contributed by atoms with E-state index in [4.69, 9.17) is 0 Å². The maximum Gasteiger partial charge on any atom is 0.247 e. The minimum absolute atomic E-state index is 0.291. The van der Waals surface area contributed by atoms with Crippen LogP contribution in [0.25, 0.3) is 0 Å². The number of amides is 2. The van der Waals surface area contributed by atoms with E-state index in [2.05, 4.69) is 5.32 Å². The lowest BCUT2D eigenvalue weighted by atomic mass is 10.0. The Balaban J connectivity index is 2.53. The summed E-state index contributed by atoms with van der Waals surface area (Å²) in [6, 6.07) is 3.47. The first-order valence-electron chi connectivity index (χ1n) is 6.20. The van der Waals surface area contributed by atoms with Crippen molar-refractivity contribution < 1.29 is 22.4 Å². The number of hydrogen-bond acceptors (Lipinski definition) is 4. The van der Waals surface area contributed by atoms with Gasteiger partial charge < -0.3 is 0 Å². The molecule has 0 unspecified atom stereocenters. The van der Waals surface area contributed by atoms with E-state index >= 15 is 0 Å². The van der Waals surface area contributed by atoms with Gasteiger partial charge in [0.15, 0.2) is 0 Å². The summed E-state index contributed by atoms with van der Waals surface area (Å²) in [6.07, 6.45) is 0. The predicted octanol–water partition coefficient (Wildman–Crippen LogP) is 0.560. The van der Waals surface area contributed by atoms with Crippen LogP contribution < -0.4 is 5.32 Å². The maximum atomic E-state index is 13.6. The average Bonchev–Trinajstić information content (AvgIpc) is 2.37. The van der Waals surface area contributed by atoms with Crippen molar-refractivity contribution >= 4 is 21.8 Å². The third-order valence-electron chi connectivity index (χ3n) is 3.45. The summed E-state index contributed by atoms with van der Waals surface area (Å²) in [5.74, 6) is -2.09. The van der Waals surface area contributed by atoms with Crippen LogP contribution in [0.1, 0.15) is 19.4 Å². The molecule has 0 radical (unpaired) electrons. The molecule has 1 heterocycles. The quantitative estimate of drug-likeness (QED) is 0.809. The molecule has 0 saturated carbocycles. The molecule has 6 nitrogen and oxygen atoms in total. The first-order valence-corrected chi connectivity index (χ1v) is 7.64. The average molecular weight is 314 g/mol. The third-order valence-corrected chi connectivity index (χ3v) is 5.47. The molecule has 0 atom stereocenters. The number of piperazine rings is 1. The number of halogens is 1. The lowest BCUT2D eigenvalue weighted by Crippen LogP contribution is -2.65. The fraction of sp³-hybridized carbons (Fsp3) is 0.385. The van der Waals surface area contributed by atoms with Crippen LogP contribution in [-0.2, 0) is 19.6 Å². The van der Waals surface area contributed by atoms with Gasteiger partial charge in [0.05, 0.1) is 11.4 Å². The number of imide groups is 1. The molecule has 1 aliphatic rings. The van der Waals surface area contributed by atoms with E-state index in [0.717, 1.165) is 10.4 Å². The molecule has 21 heavy (non-hydrogen) atoms. The zero-order valence-electron chi connectivity index (χ0n) is 11.8. The highest BCUT2D eigenvalue weighted by Gasteiger charge is 2.47. The van der Waals surface area contributed by atoms with Crippen LogP contribution in [0.4, 0.5) is 4.39 Å². The van der Waals surface area contributed by atoms with Crippen LogP contribution in [0.2, 0.25) is 0 Å². The van der Waals surface area contributed by atoms with Crippen molar-refractivity contribution in [3.8, 4) is 0 Å². The number of sulfonamides is 1. The molecular weight excluding hydrogens is 299 g/mol. The summed E-state index contributed by atoms with van der Waals surface area (Å²) in [5.41, 5.74) is -1.13. The number of carbonyl (C=O) groups is 2. The smallest absolute Gasteiger partial charge is 0.247 e. The Hall–Kier alpha value is -1.80. The molecule has 1 N–H and O–H groups in total. The lowest BCUT2D eigenvalue weighted by molar-refractivity contribution is -0.141. The van der Waals surface area contributed by atoms with Gasteiger partial charge in [-0.15, -0.1) is 0 Å². The molecule has 2 amide bonds. The molecular formula is C13H15FN2O4S. The molecule has 114 valence electrons. The van der Waals surface area contributed by atoms with Gasteiger partial charge >= 0.3 is 0 Å². The normalized spacial score (nSPS) is 19.4. The Morgan fingerprint density at radius 3 is 2.48 bits per heavy atom. The zero-order chi connectivity index (χ0) is 16.0. The summed E-state index contributed by atoms with van der Waals surface area (Å²) in [7, 11) is -4.16. The number of benzene rings is 1. The molecule has 0 aromatic heterocycles. The lowest BCUT2D eigenvalue weighted by Gasteiger charge is -2.38. The van der Waals surface area contributed by atoms with Gasteiger partial charge in [-0.2, -0.15) is 4.31 Å². The Morgan fingerprint density at radius 2 is 1.90 bits per heavy atom. The summed E-state index contributed by atoms with van der Waals surface area (Å²) >= 11 is 0. The topological polar surface area (TPSA) is 83.6 Å². The van der Waals surface area contributed by atoms with Crippen LogP contribution >= 0.6 is 0 Å². The maximum absolute atomic E-state index is 13.6. The number of carbonyl (C=O) groups excluding carboxylic acids is 2. The number of aryl methyl sites for hydroxylation is 1. The minimum Gasteiger partial charge on any atom is -0.294 e. The van der Waals surface area contributed by atoms with E-state index in [-0.39, 0.29) is 4.90 Å². The molecule has 0 spiro atoms. The Morgan fingerprint density at radius 1 is 1.29 bits per heavy atom. The highest BCUT2D eigenvalue weighted by molar-refractivity contribution is 7.89. The molecule has 2 rings (SSSR count). The van der Waals surface area contributed by atoms with Gasteiger partial charge in [-0.1, -0.05) is 6.07 Å². The molecule has 0 bridgehead atoms. The monoisotopic (exact) mass is 314 g/mol. The van der Waals surface area contributed by atoms with Gasteiger partial charge in [-0.3, -0.25) is 14.9 Å². The predicted molar refractivity (Wildman–Crippen MR) is 72.3 cm³/mol. The van der Waals surface area contributed by atoms with Gasteiger partial charge in [0.2, 0.25) is 21.8 Å². The summed E-state index contributed by atoms with van der Waals surface area (Å²) in [6.45, 7) is 3.79. The van der Waals surface area contributed by atoms with Gasteiger partial charge in [0.25, 0.3) is 0 Å². The van der Waals surface area contributed by atoms with E-state index in [1.165, 1.54) is 32.9 Å². The SMILES string of the molecule is Cc1ccc(S(=O)(=O)N2CC(=O)NC(=O)C2(C)C)cc1F. The van der Waals surface area contributed by atoms with Gasteiger partial charge in [-0.25, -0.2) is 12.8 Å². The van der Waals surface area contributed by atoms with Crippen molar-refractivity contribution in [3.63, 3.8) is 0 Å². The fourth-order valence-electron chi connectivity index (χ4n) is 2.01. The van der Waals surface area contributed by atoms with E-state index < -0.39 is 39.7 Å². The van der Waals surface area contributed by atoms with Crippen molar-refractivity contribution in [2.24, 2.45) is 0 Å². The molecule has 1 fully saturated rings. The second kappa shape index (κ2) is 4.88. The van der Waals surface area contributed by atoms with Crippen LogP contribution in [0.5, 0.6) is 0 Å². The Kier molecular flexibility index (Phi) is 3.63. The highest BCUT2D eigenvalue weighted by atomic mass is 32.2. The standard InChI is InChI=1S/C13H15FN2O4S/c1-8-4-5-9(6-10(8)14)21(19,20)16-7-11(17)15-12(18)13(16,2)3/h4-6H,7H2,1-3H3,(H,15,17,18). The van der Waals surface area contributed by atoms with E-state index in [9.17, 15) is 22.4 Å². The van der Waals surface area contributed by atoms with Crippen molar-refractivity contribution in [2.45, 2.75) is 31.2 Å². The summed E-state index contributed by atoms with van der Waals surface area (Å²) < 4.78 is 39.5. The van der Waals surface area contributed by atoms with Gasteiger partial charge in [0.1, 0.15) is 11.4 Å². The molecule has 1 aromatic carbocycles. The van der Waals surface area contributed by atoms with Crippen molar-refractivity contribution in [3.05, 3.63) is 29.6 Å². The second-order valence-corrected chi connectivity index (χ2v) is 7.22. The summed E-state index contributed by atoms with van der Waals surface area (Å²) in [4.78, 5) is 23.0. The van der Waals surface area contributed by atoms with Crippen LogP contribution in [0, 0.1) is 12.7 Å². The largest absolute Gasteiger partial charge is 0.294 e. The van der Waals surface area contributed by atoms with E-state index in [1.54, 1.807) is 0 Å². The minimum atomic E-state index is -4.16. The first-order chi connectivity index (χ1) is 9.56. The molecule has 1 saturated heterocycles. The number of nitrogens with zero attached hydrogens (tertiary/aromatic N) is 1. The van der Waals surface area contributed by atoms with Crippen LogP contribution in [0.3, 0.4) is 0 Å². The molecule has 8 heteroatoms. The van der Waals surface area contributed by atoms with Crippen LogP contribution in [0.15, 0.2) is 23.1 Å². The van der Waals surface area contributed by atoms with Gasteiger partial charge in [0, 0.05) is 0 Å². The number of nitrogens with one attached hydrogen (secondary N) is 1.